The first-order valence-corrected chi connectivity index (χ1v) is 4.53. The van der Waals surface area contributed by atoms with Crippen molar-refractivity contribution in [2.45, 2.75) is 13.3 Å². The second-order valence-electron chi connectivity index (χ2n) is 2.85. The summed E-state index contributed by atoms with van der Waals surface area (Å²) in [5.74, 6) is -0.157. The minimum absolute atomic E-state index is 0.157. The minimum atomic E-state index is -0.157. The lowest BCUT2D eigenvalue weighted by molar-refractivity contribution is -0.140. The van der Waals surface area contributed by atoms with Gasteiger partial charge in [-0.15, -0.1) is 0 Å². The molecule has 0 aromatic carbocycles. The Morgan fingerprint density at radius 1 is 1.46 bits per heavy atom. The van der Waals surface area contributed by atoms with Gasteiger partial charge in [0.1, 0.15) is 0 Å². The van der Waals surface area contributed by atoms with Gasteiger partial charge >= 0.3 is 5.97 Å². The van der Waals surface area contributed by atoms with Gasteiger partial charge < -0.3 is 14.4 Å². The zero-order chi connectivity index (χ0) is 10.1. The Morgan fingerprint density at radius 2 is 2.00 bits per heavy atom. The van der Waals surface area contributed by atoms with E-state index in [0.717, 1.165) is 26.3 Å². The summed E-state index contributed by atoms with van der Waals surface area (Å²) in [4.78, 5) is 12.2. The lowest BCUT2D eigenvalue weighted by atomic mass is 10.5. The van der Waals surface area contributed by atoms with Gasteiger partial charge in [-0.2, -0.15) is 0 Å². The molecule has 1 rings (SSSR count). The summed E-state index contributed by atoms with van der Waals surface area (Å²) < 4.78 is 9.36. The van der Waals surface area contributed by atoms with Gasteiger partial charge in [-0.1, -0.05) is 6.92 Å². The third kappa shape index (κ3) is 7.74. The predicted octanol–water partition coefficient (Wildman–Crippen LogP) is 0.518. The molecular formula is C9H19NO3. The minimum Gasteiger partial charge on any atom is -0.469 e. The second-order valence-corrected chi connectivity index (χ2v) is 2.85. The maximum absolute atomic E-state index is 9.96. The zero-order valence-corrected chi connectivity index (χ0v) is 8.71. The molecule has 4 nitrogen and oxygen atoms in total. The summed E-state index contributed by atoms with van der Waals surface area (Å²) in [5, 5.41) is 0. The van der Waals surface area contributed by atoms with Crippen molar-refractivity contribution in [3.63, 3.8) is 0 Å². The van der Waals surface area contributed by atoms with Crippen molar-refractivity contribution in [3.8, 4) is 0 Å². The van der Waals surface area contributed by atoms with E-state index in [0.29, 0.717) is 6.42 Å². The summed E-state index contributed by atoms with van der Waals surface area (Å²) in [7, 11) is 3.49. The molecule has 0 amide bonds. The molecule has 13 heavy (non-hydrogen) atoms. The number of hydrogen-bond donors (Lipinski definition) is 0. The molecule has 0 spiro atoms. The standard InChI is InChI=1S/C5H11NO.C4H8O2/c1-6-2-4-7-5-3-6;1-3-4(5)6-2/h2-5H2,1H3;3H2,1-2H3. The van der Waals surface area contributed by atoms with Crippen LogP contribution >= 0.6 is 0 Å². The van der Waals surface area contributed by atoms with Crippen LogP contribution in [0.25, 0.3) is 0 Å². The van der Waals surface area contributed by atoms with Crippen molar-refractivity contribution in [3.05, 3.63) is 0 Å². The molecular weight excluding hydrogens is 170 g/mol. The number of ether oxygens (including phenoxy) is 2. The van der Waals surface area contributed by atoms with E-state index in [4.69, 9.17) is 4.74 Å². The van der Waals surface area contributed by atoms with Gasteiger partial charge in [-0.05, 0) is 7.05 Å². The van der Waals surface area contributed by atoms with Crippen LogP contribution in [0.3, 0.4) is 0 Å². The molecule has 1 fully saturated rings. The summed E-state index contributed by atoms with van der Waals surface area (Å²) in [5.41, 5.74) is 0. The normalized spacial score (nSPS) is 17.2. The maximum Gasteiger partial charge on any atom is 0.305 e. The molecule has 0 aromatic rings. The number of morpholine rings is 1. The fourth-order valence-electron chi connectivity index (χ4n) is 0.799. The van der Waals surface area contributed by atoms with E-state index < -0.39 is 0 Å². The van der Waals surface area contributed by atoms with Crippen LogP contribution in [-0.4, -0.2) is 51.3 Å². The number of carbonyl (C=O) groups is 1. The van der Waals surface area contributed by atoms with Crippen LogP contribution in [0, 0.1) is 0 Å². The summed E-state index contributed by atoms with van der Waals surface area (Å²) in [6, 6.07) is 0. The smallest absolute Gasteiger partial charge is 0.305 e. The van der Waals surface area contributed by atoms with Crippen LogP contribution < -0.4 is 0 Å². The van der Waals surface area contributed by atoms with E-state index in [-0.39, 0.29) is 5.97 Å². The summed E-state index contributed by atoms with van der Waals surface area (Å²) >= 11 is 0. The topological polar surface area (TPSA) is 38.8 Å². The number of carbonyl (C=O) groups excluding carboxylic acids is 1. The third-order valence-electron chi connectivity index (χ3n) is 1.75. The SMILES string of the molecule is CCC(=O)OC.CN1CCOCC1. The quantitative estimate of drug-likeness (QED) is 0.564. The number of likely N-dealkylation sites (N-methyl/N-ethyl adjacent to an activating group) is 1. The van der Waals surface area contributed by atoms with E-state index >= 15 is 0 Å². The molecule has 0 saturated carbocycles. The number of methoxy groups -OCH3 is 1. The maximum atomic E-state index is 9.96. The van der Waals surface area contributed by atoms with Crippen LogP contribution in [0.4, 0.5) is 0 Å². The lowest BCUT2D eigenvalue weighted by Gasteiger charge is -2.21. The molecule has 78 valence electrons. The summed E-state index contributed by atoms with van der Waals surface area (Å²) in [6.45, 7) is 5.78. The highest BCUT2D eigenvalue weighted by molar-refractivity contribution is 5.68. The monoisotopic (exact) mass is 189 g/mol. The van der Waals surface area contributed by atoms with Crippen LogP contribution in [0.15, 0.2) is 0 Å². The van der Waals surface area contributed by atoms with E-state index in [1.165, 1.54) is 7.11 Å². The first-order chi connectivity index (χ1) is 6.20. The fraction of sp³-hybridized carbons (Fsp3) is 0.889. The molecule has 0 N–H and O–H groups in total. The van der Waals surface area contributed by atoms with Crippen molar-refractivity contribution in [2.24, 2.45) is 0 Å². The molecule has 4 heteroatoms. The largest absolute Gasteiger partial charge is 0.469 e. The van der Waals surface area contributed by atoms with Crippen molar-refractivity contribution in [1.29, 1.82) is 0 Å². The Balaban J connectivity index is 0.000000226. The Morgan fingerprint density at radius 3 is 2.15 bits per heavy atom. The lowest BCUT2D eigenvalue weighted by Crippen LogP contribution is -2.32. The predicted molar refractivity (Wildman–Crippen MR) is 50.6 cm³/mol. The molecule has 0 unspecified atom stereocenters. The Labute approximate surface area is 79.8 Å². The van der Waals surface area contributed by atoms with Gasteiger partial charge in [0.25, 0.3) is 0 Å². The van der Waals surface area contributed by atoms with Crippen molar-refractivity contribution >= 4 is 5.97 Å². The van der Waals surface area contributed by atoms with Gasteiger partial charge in [-0.25, -0.2) is 0 Å². The molecule has 1 saturated heterocycles. The van der Waals surface area contributed by atoms with E-state index in [9.17, 15) is 4.79 Å². The molecule has 1 aliphatic heterocycles. The van der Waals surface area contributed by atoms with Crippen LogP contribution in [0.1, 0.15) is 13.3 Å². The van der Waals surface area contributed by atoms with Crippen molar-refractivity contribution < 1.29 is 14.3 Å². The number of esters is 1. The third-order valence-corrected chi connectivity index (χ3v) is 1.75. The van der Waals surface area contributed by atoms with Gasteiger partial charge in [0.2, 0.25) is 0 Å². The molecule has 1 aliphatic rings. The van der Waals surface area contributed by atoms with Gasteiger partial charge in [0.15, 0.2) is 0 Å². The van der Waals surface area contributed by atoms with Crippen LogP contribution in [-0.2, 0) is 14.3 Å². The van der Waals surface area contributed by atoms with Crippen LogP contribution in [0.5, 0.6) is 0 Å². The Kier molecular flexibility index (Phi) is 7.63. The number of rotatable bonds is 1. The summed E-state index contributed by atoms with van der Waals surface area (Å²) in [6.07, 6.45) is 0.469. The van der Waals surface area contributed by atoms with Gasteiger partial charge in [-0.3, -0.25) is 4.79 Å². The van der Waals surface area contributed by atoms with Gasteiger partial charge in [0, 0.05) is 19.5 Å². The average molecular weight is 189 g/mol. The number of hydrogen-bond acceptors (Lipinski definition) is 4. The Bertz CT molecular complexity index is 127. The van der Waals surface area contributed by atoms with E-state index in [1.54, 1.807) is 6.92 Å². The molecule has 0 aliphatic carbocycles. The van der Waals surface area contributed by atoms with E-state index in [2.05, 4.69) is 16.7 Å². The zero-order valence-electron chi connectivity index (χ0n) is 8.71. The Hall–Kier alpha value is -0.610. The highest BCUT2D eigenvalue weighted by atomic mass is 16.5. The number of nitrogens with zero attached hydrogens (tertiary/aromatic N) is 1. The first-order valence-electron chi connectivity index (χ1n) is 4.53. The van der Waals surface area contributed by atoms with Crippen molar-refractivity contribution in [2.75, 3.05) is 40.5 Å². The molecule has 0 bridgehead atoms. The van der Waals surface area contributed by atoms with Crippen LogP contribution in [0.2, 0.25) is 0 Å². The molecule has 1 heterocycles. The highest BCUT2D eigenvalue weighted by Gasteiger charge is 2.02. The average Bonchev–Trinajstić information content (AvgIpc) is 2.19. The van der Waals surface area contributed by atoms with E-state index in [1.807, 2.05) is 0 Å². The van der Waals surface area contributed by atoms with Gasteiger partial charge in [0.05, 0.1) is 20.3 Å². The molecule has 0 atom stereocenters. The first kappa shape index (κ1) is 12.4. The highest BCUT2D eigenvalue weighted by Crippen LogP contribution is 1.89. The molecule has 0 radical (unpaired) electrons. The fourth-order valence-corrected chi connectivity index (χ4v) is 0.799. The second kappa shape index (κ2) is 8.01. The van der Waals surface area contributed by atoms with Crippen molar-refractivity contribution in [1.82, 2.24) is 4.90 Å². The molecule has 0 aromatic heterocycles.